The molecule has 0 aliphatic rings. The molecule has 98 valence electrons. The van der Waals surface area contributed by atoms with Crippen molar-refractivity contribution >= 4 is 11.0 Å². The third kappa shape index (κ3) is 2.68. The summed E-state index contributed by atoms with van der Waals surface area (Å²) in [6, 6.07) is 4.69. The SMILES string of the molecule is CN(C)CCCn1c(CN)nc2cc(F)ccc21. The molecule has 2 N–H and O–H groups in total. The Morgan fingerprint density at radius 1 is 1.39 bits per heavy atom. The van der Waals surface area contributed by atoms with Crippen molar-refractivity contribution in [2.45, 2.75) is 19.5 Å². The zero-order valence-corrected chi connectivity index (χ0v) is 10.9. The lowest BCUT2D eigenvalue weighted by molar-refractivity contribution is 0.386. The summed E-state index contributed by atoms with van der Waals surface area (Å²) in [6.45, 7) is 2.23. The van der Waals surface area contributed by atoms with E-state index in [0.29, 0.717) is 12.1 Å². The molecule has 1 heterocycles. The number of benzene rings is 1. The van der Waals surface area contributed by atoms with Crippen molar-refractivity contribution in [3.63, 3.8) is 0 Å². The van der Waals surface area contributed by atoms with Crippen molar-refractivity contribution in [3.05, 3.63) is 29.8 Å². The first kappa shape index (κ1) is 13.0. The maximum atomic E-state index is 13.2. The Balaban J connectivity index is 2.29. The van der Waals surface area contributed by atoms with Gasteiger partial charge in [0.05, 0.1) is 17.6 Å². The van der Waals surface area contributed by atoms with Crippen LogP contribution in [0.5, 0.6) is 0 Å². The zero-order valence-electron chi connectivity index (χ0n) is 10.9. The van der Waals surface area contributed by atoms with Gasteiger partial charge in [0.25, 0.3) is 0 Å². The van der Waals surface area contributed by atoms with Gasteiger partial charge in [-0.25, -0.2) is 9.37 Å². The first-order chi connectivity index (χ1) is 8.61. The number of aromatic nitrogens is 2. The maximum absolute atomic E-state index is 13.2. The summed E-state index contributed by atoms with van der Waals surface area (Å²) in [4.78, 5) is 6.51. The first-order valence-corrected chi connectivity index (χ1v) is 6.11. The van der Waals surface area contributed by atoms with E-state index in [2.05, 4.69) is 14.5 Å². The number of aryl methyl sites for hydroxylation is 1. The Hall–Kier alpha value is -1.46. The Labute approximate surface area is 106 Å². The number of imidazole rings is 1. The van der Waals surface area contributed by atoms with Gasteiger partial charge in [0.2, 0.25) is 0 Å². The summed E-state index contributed by atoms with van der Waals surface area (Å²) in [7, 11) is 4.09. The third-order valence-electron chi connectivity index (χ3n) is 2.96. The van der Waals surface area contributed by atoms with Crippen LogP contribution in [-0.4, -0.2) is 35.1 Å². The van der Waals surface area contributed by atoms with Gasteiger partial charge in [-0.3, -0.25) is 0 Å². The second kappa shape index (κ2) is 5.46. The molecule has 0 spiro atoms. The number of fused-ring (bicyclic) bond motifs is 1. The summed E-state index contributed by atoms with van der Waals surface area (Å²) in [5.41, 5.74) is 7.33. The second-order valence-corrected chi connectivity index (χ2v) is 4.67. The van der Waals surface area contributed by atoms with E-state index in [1.54, 1.807) is 6.07 Å². The highest BCUT2D eigenvalue weighted by molar-refractivity contribution is 5.76. The van der Waals surface area contributed by atoms with Crippen LogP contribution in [0.2, 0.25) is 0 Å². The number of halogens is 1. The molecule has 4 nitrogen and oxygen atoms in total. The third-order valence-corrected chi connectivity index (χ3v) is 2.96. The molecule has 0 aliphatic carbocycles. The van der Waals surface area contributed by atoms with Gasteiger partial charge in [0, 0.05) is 12.6 Å². The average Bonchev–Trinajstić information content (AvgIpc) is 2.66. The van der Waals surface area contributed by atoms with Crippen LogP contribution in [0.25, 0.3) is 11.0 Å². The van der Waals surface area contributed by atoms with Gasteiger partial charge in [-0.1, -0.05) is 0 Å². The molecule has 5 heteroatoms. The van der Waals surface area contributed by atoms with Crippen LogP contribution in [0.4, 0.5) is 4.39 Å². The van der Waals surface area contributed by atoms with E-state index in [9.17, 15) is 4.39 Å². The Kier molecular flexibility index (Phi) is 3.93. The molecule has 18 heavy (non-hydrogen) atoms. The molecule has 2 rings (SSSR count). The topological polar surface area (TPSA) is 47.1 Å². The molecule has 1 aromatic heterocycles. The predicted molar refractivity (Wildman–Crippen MR) is 70.8 cm³/mol. The normalized spacial score (nSPS) is 11.6. The van der Waals surface area contributed by atoms with Gasteiger partial charge < -0.3 is 15.2 Å². The minimum Gasteiger partial charge on any atom is -0.327 e. The minimum atomic E-state index is -0.260. The van der Waals surface area contributed by atoms with Crippen LogP contribution in [0.1, 0.15) is 12.2 Å². The van der Waals surface area contributed by atoms with E-state index >= 15 is 0 Å². The molecule has 0 saturated heterocycles. The van der Waals surface area contributed by atoms with Gasteiger partial charge in [-0.2, -0.15) is 0 Å². The predicted octanol–water partition coefficient (Wildman–Crippen LogP) is 1.59. The minimum absolute atomic E-state index is 0.260. The summed E-state index contributed by atoms with van der Waals surface area (Å²) in [5, 5.41) is 0. The molecule has 0 bridgehead atoms. The van der Waals surface area contributed by atoms with Crippen molar-refractivity contribution in [2.75, 3.05) is 20.6 Å². The lowest BCUT2D eigenvalue weighted by atomic mass is 10.3. The fraction of sp³-hybridized carbons (Fsp3) is 0.462. The lowest BCUT2D eigenvalue weighted by Crippen LogP contribution is -2.16. The molecule has 1 aromatic carbocycles. The molecule has 0 radical (unpaired) electrons. The van der Waals surface area contributed by atoms with Crippen molar-refractivity contribution in [2.24, 2.45) is 5.73 Å². The van der Waals surface area contributed by atoms with Gasteiger partial charge >= 0.3 is 0 Å². The molecule has 0 unspecified atom stereocenters. The number of hydrogen-bond donors (Lipinski definition) is 1. The molecule has 0 amide bonds. The molecule has 0 fully saturated rings. The van der Waals surface area contributed by atoms with Crippen LogP contribution in [0.3, 0.4) is 0 Å². The highest BCUT2D eigenvalue weighted by atomic mass is 19.1. The fourth-order valence-corrected chi connectivity index (χ4v) is 2.10. The molecular formula is C13H19FN4. The Morgan fingerprint density at radius 2 is 2.17 bits per heavy atom. The van der Waals surface area contributed by atoms with Gasteiger partial charge in [0.1, 0.15) is 11.6 Å². The van der Waals surface area contributed by atoms with Crippen LogP contribution in [0.15, 0.2) is 18.2 Å². The molecule has 0 saturated carbocycles. The maximum Gasteiger partial charge on any atom is 0.125 e. The molecule has 0 atom stereocenters. The van der Waals surface area contributed by atoms with Gasteiger partial charge in [-0.05, 0) is 39.2 Å². The van der Waals surface area contributed by atoms with E-state index in [4.69, 9.17) is 5.73 Å². The zero-order chi connectivity index (χ0) is 13.1. The smallest absolute Gasteiger partial charge is 0.125 e. The van der Waals surface area contributed by atoms with E-state index in [0.717, 1.165) is 30.9 Å². The highest BCUT2D eigenvalue weighted by Crippen LogP contribution is 2.17. The van der Waals surface area contributed by atoms with E-state index in [1.807, 2.05) is 14.1 Å². The molecular weight excluding hydrogens is 231 g/mol. The first-order valence-electron chi connectivity index (χ1n) is 6.11. The highest BCUT2D eigenvalue weighted by Gasteiger charge is 2.09. The number of hydrogen-bond acceptors (Lipinski definition) is 3. The Bertz CT molecular complexity index is 533. The monoisotopic (exact) mass is 250 g/mol. The standard InChI is InChI=1S/C13H19FN4/c1-17(2)6-3-7-18-12-5-4-10(14)8-11(12)16-13(18)9-15/h4-5,8H,3,6-7,9,15H2,1-2H3. The van der Waals surface area contributed by atoms with Gasteiger partial charge in [-0.15, -0.1) is 0 Å². The van der Waals surface area contributed by atoms with E-state index in [-0.39, 0.29) is 5.82 Å². The molecule has 2 aromatic rings. The van der Waals surface area contributed by atoms with E-state index < -0.39 is 0 Å². The number of nitrogens with two attached hydrogens (primary N) is 1. The van der Waals surface area contributed by atoms with Crippen molar-refractivity contribution in [1.82, 2.24) is 14.5 Å². The van der Waals surface area contributed by atoms with Crippen molar-refractivity contribution < 1.29 is 4.39 Å². The van der Waals surface area contributed by atoms with Crippen molar-refractivity contribution in [1.29, 1.82) is 0 Å². The van der Waals surface area contributed by atoms with Crippen LogP contribution < -0.4 is 5.73 Å². The Morgan fingerprint density at radius 3 is 2.83 bits per heavy atom. The summed E-state index contributed by atoms with van der Waals surface area (Å²) < 4.78 is 15.2. The van der Waals surface area contributed by atoms with Crippen molar-refractivity contribution in [3.8, 4) is 0 Å². The average molecular weight is 250 g/mol. The number of nitrogens with zero attached hydrogens (tertiary/aromatic N) is 3. The quantitative estimate of drug-likeness (QED) is 0.876. The number of rotatable bonds is 5. The summed E-state index contributed by atoms with van der Waals surface area (Å²) >= 11 is 0. The lowest BCUT2D eigenvalue weighted by Gasteiger charge is -2.11. The van der Waals surface area contributed by atoms with Crippen LogP contribution in [-0.2, 0) is 13.1 Å². The van der Waals surface area contributed by atoms with Gasteiger partial charge in [0.15, 0.2) is 0 Å². The van der Waals surface area contributed by atoms with E-state index in [1.165, 1.54) is 12.1 Å². The fourth-order valence-electron chi connectivity index (χ4n) is 2.10. The summed E-state index contributed by atoms with van der Waals surface area (Å²) in [5.74, 6) is 0.554. The second-order valence-electron chi connectivity index (χ2n) is 4.67. The molecule has 0 aliphatic heterocycles. The van der Waals surface area contributed by atoms with Crippen LogP contribution in [0, 0.1) is 5.82 Å². The van der Waals surface area contributed by atoms with Crippen LogP contribution >= 0.6 is 0 Å². The largest absolute Gasteiger partial charge is 0.327 e. The summed E-state index contributed by atoms with van der Waals surface area (Å²) in [6.07, 6.45) is 1.02.